The van der Waals surface area contributed by atoms with Crippen molar-refractivity contribution >= 4 is 23.5 Å². The summed E-state index contributed by atoms with van der Waals surface area (Å²) in [5.74, 6) is 2.15. The quantitative estimate of drug-likeness (QED) is 0.653. The van der Waals surface area contributed by atoms with Crippen LogP contribution >= 0.6 is 0 Å². The predicted molar refractivity (Wildman–Crippen MR) is 121 cm³/mol. The largest absolute Gasteiger partial charge is 0.493 e. The van der Waals surface area contributed by atoms with Crippen LogP contribution in [0.4, 0.5) is 11.4 Å². The standard InChI is InChI=1S/C24H25N5O3/c1-30-22-13-21-18(12-23(22)32-9-3-6-28-7-10-31-11-8-28)24-27-20-5-2-4-17(14-25)19(20)15-29(24)16-26-21/h2,4-5,12-13,16H,3,6-11,15H2,1H3. The van der Waals surface area contributed by atoms with Gasteiger partial charge in [-0.3, -0.25) is 4.90 Å². The summed E-state index contributed by atoms with van der Waals surface area (Å²) in [4.78, 5) is 13.8. The van der Waals surface area contributed by atoms with Gasteiger partial charge in [0.1, 0.15) is 5.84 Å². The number of hydrogen-bond donors (Lipinski definition) is 0. The van der Waals surface area contributed by atoms with Crippen molar-refractivity contribution in [2.45, 2.75) is 13.0 Å². The fraction of sp³-hybridized carbons (Fsp3) is 0.375. The highest BCUT2D eigenvalue weighted by Gasteiger charge is 2.28. The molecule has 0 spiro atoms. The smallest absolute Gasteiger partial charge is 0.162 e. The van der Waals surface area contributed by atoms with E-state index in [4.69, 9.17) is 19.2 Å². The second kappa shape index (κ2) is 8.99. The summed E-state index contributed by atoms with van der Waals surface area (Å²) in [7, 11) is 1.64. The van der Waals surface area contributed by atoms with Crippen LogP contribution < -0.4 is 9.47 Å². The zero-order valence-electron chi connectivity index (χ0n) is 18.1. The Labute approximate surface area is 187 Å². The molecule has 0 saturated carbocycles. The maximum atomic E-state index is 9.44. The van der Waals surface area contributed by atoms with Gasteiger partial charge in [0, 0.05) is 36.8 Å². The summed E-state index contributed by atoms with van der Waals surface area (Å²) < 4.78 is 17.1. The minimum Gasteiger partial charge on any atom is -0.493 e. The summed E-state index contributed by atoms with van der Waals surface area (Å²) in [5.41, 5.74) is 4.06. The van der Waals surface area contributed by atoms with Gasteiger partial charge in [-0.2, -0.15) is 5.26 Å². The number of rotatable bonds is 6. The third-order valence-electron chi connectivity index (χ3n) is 5.94. The highest BCUT2D eigenvalue weighted by Crippen LogP contribution is 2.40. The first-order valence-corrected chi connectivity index (χ1v) is 10.8. The van der Waals surface area contributed by atoms with Crippen LogP contribution in [0, 0.1) is 11.3 Å². The SMILES string of the molecule is COc1cc2c(cc1OCCCN1CCOCC1)C1=Nc3cccc(C#N)c3CN1C=N2. The number of aliphatic imine (C=N–C) groups is 2. The number of nitrogens with zero attached hydrogens (tertiary/aromatic N) is 5. The Balaban J connectivity index is 1.38. The molecule has 0 radical (unpaired) electrons. The molecule has 0 aromatic heterocycles. The third-order valence-corrected chi connectivity index (χ3v) is 5.94. The molecule has 32 heavy (non-hydrogen) atoms. The molecular weight excluding hydrogens is 406 g/mol. The molecule has 8 nitrogen and oxygen atoms in total. The first-order chi connectivity index (χ1) is 15.8. The Hall–Kier alpha value is -3.41. The van der Waals surface area contributed by atoms with Crippen LogP contribution in [0.3, 0.4) is 0 Å². The van der Waals surface area contributed by atoms with E-state index >= 15 is 0 Å². The van der Waals surface area contributed by atoms with Crippen LogP contribution in [0.5, 0.6) is 11.5 Å². The molecule has 3 heterocycles. The van der Waals surface area contributed by atoms with E-state index in [1.54, 1.807) is 13.4 Å². The predicted octanol–water partition coefficient (Wildman–Crippen LogP) is 3.24. The molecule has 2 aromatic rings. The number of benzene rings is 2. The Kier molecular flexibility index (Phi) is 5.75. The lowest BCUT2D eigenvalue weighted by atomic mass is 10.0. The minimum atomic E-state index is 0.558. The molecule has 1 saturated heterocycles. The van der Waals surface area contributed by atoms with E-state index in [1.165, 1.54) is 0 Å². The van der Waals surface area contributed by atoms with E-state index in [9.17, 15) is 5.26 Å². The summed E-state index contributed by atoms with van der Waals surface area (Å²) in [5, 5.41) is 9.44. The monoisotopic (exact) mass is 431 g/mol. The lowest BCUT2D eigenvalue weighted by Gasteiger charge is -2.31. The van der Waals surface area contributed by atoms with Gasteiger partial charge in [-0.05, 0) is 24.6 Å². The highest BCUT2D eigenvalue weighted by atomic mass is 16.5. The molecular formula is C24H25N5O3. The average Bonchev–Trinajstić information content (AvgIpc) is 2.85. The first kappa shape index (κ1) is 20.5. The van der Waals surface area contributed by atoms with Crippen molar-refractivity contribution in [2.75, 3.05) is 46.6 Å². The average molecular weight is 431 g/mol. The molecule has 1 fully saturated rings. The minimum absolute atomic E-state index is 0.558. The molecule has 164 valence electrons. The Morgan fingerprint density at radius 1 is 1.16 bits per heavy atom. The Morgan fingerprint density at radius 3 is 2.84 bits per heavy atom. The van der Waals surface area contributed by atoms with Crippen molar-refractivity contribution in [1.29, 1.82) is 5.26 Å². The molecule has 0 aliphatic carbocycles. The molecule has 2 aromatic carbocycles. The molecule has 0 atom stereocenters. The Morgan fingerprint density at radius 2 is 2.03 bits per heavy atom. The number of nitriles is 1. The summed E-state index contributed by atoms with van der Waals surface area (Å²) in [6.07, 6.45) is 2.69. The third kappa shape index (κ3) is 3.93. The molecule has 0 unspecified atom stereocenters. The first-order valence-electron chi connectivity index (χ1n) is 10.8. The lowest BCUT2D eigenvalue weighted by molar-refractivity contribution is 0.0357. The van der Waals surface area contributed by atoms with Crippen LogP contribution in [0.25, 0.3) is 0 Å². The van der Waals surface area contributed by atoms with E-state index in [1.807, 2.05) is 35.2 Å². The topological polar surface area (TPSA) is 82.7 Å². The zero-order valence-corrected chi connectivity index (χ0v) is 18.1. The highest BCUT2D eigenvalue weighted by molar-refractivity contribution is 6.12. The second-order valence-corrected chi connectivity index (χ2v) is 7.90. The van der Waals surface area contributed by atoms with Crippen LogP contribution in [0.1, 0.15) is 23.1 Å². The van der Waals surface area contributed by atoms with Crippen LogP contribution in [0.2, 0.25) is 0 Å². The van der Waals surface area contributed by atoms with E-state index in [2.05, 4.69) is 16.0 Å². The summed E-state index contributed by atoms with van der Waals surface area (Å²) in [6, 6.07) is 11.7. The van der Waals surface area contributed by atoms with Crippen LogP contribution in [0.15, 0.2) is 40.3 Å². The van der Waals surface area contributed by atoms with Gasteiger partial charge in [-0.15, -0.1) is 0 Å². The number of fused-ring (bicyclic) bond motifs is 4. The van der Waals surface area contributed by atoms with E-state index in [0.717, 1.165) is 67.6 Å². The zero-order chi connectivity index (χ0) is 21.9. The van der Waals surface area contributed by atoms with Gasteiger partial charge in [0.25, 0.3) is 0 Å². The fourth-order valence-corrected chi connectivity index (χ4v) is 4.22. The molecule has 5 rings (SSSR count). The molecule has 3 aliphatic heterocycles. The summed E-state index contributed by atoms with van der Waals surface area (Å²) in [6.45, 7) is 5.70. The van der Waals surface area contributed by atoms with Gasteiger partial charge in [0.2, 0.25) is 0 Å². The Bertz CT molecular complexity index is 1120. The number of amidine groups is 1. The van der Waals surface area contributed by atoms with E-state index in [0.29, 0.717) is 30.2 Å². The van der Waals surface area contributed by atoms with Crippen molar-refractivity contribution in [3.8, 4) is 17.6 Å². The van der Waals surface area contributed by atoms with Gasteiger partial charge in [-0.25, -0.2) is 9.98 Å². The number of ether oxygens (including phenoxy) is 3. The number of methoxy groups -OCH3 is 1. The van der Waals surface area contributed by atoms with Gasteiger partial charge in [-0.1, -0.05) is 6.07 Å². The van der Waals surface area contributed by atoms with Crippen molar-refractivity contribution < 1.29 is 14.2 Å². The summed E-state index contributed by atoms with van der Waals surface area (Å²) >= 11 is 0. The molecule has 0 bridgehead atoms. The molecule has 0 amide bonds. The van der Waals surface area contributed by atoms with Gasteiger partial charge < -0.3 is 19.1 Å². The van der Waals surface area contributed by atoms with Gasteiger partial charge in [0.05, 0.1) is 62.8 Å². The van der Waals surface area contributed by atoms with E-state index < -0.39 is 0 Å². The fourth-order valence-electron chi connectivity index (χ4n) is 4.22. The van der Waals surface area contributed by atoms with Gasteiger partial charge in [0.15, 0.2) is 11.5 Å². The van der Waals surface area contributed by atoms with Gasteiger partial charge >= 0.3 is 0 Å². The van der Waals surface area contributed by atoms with Crippen LogP contribution in [-0.2, 0) is 11.3 Å². The maximum absolute atomic E-state index is 9.44. The molecule has 3 aliphatic rings. The van der Waals surface area contributed by atoms with Crippen molar-refractivity contribution in [3.63, 3.8) is 0 Å². The number of hydrogen-bond acceptors (Lipinski definition) is 8. The van der Waals surface area contributed by atoms with Crippen molar-refractivity contribution in [1.82, 2.24) is 9.80 Å². The maximum Gasteiger partial charge on any atom is 0.162 e. The van der Waals surface area contributed by atoms with Crippen molar-refractivity contribution in [3.05, 3.63) is 47.0 Å². The van der Waals surface area contributed by atoms with E-state index in [-0.39, 0.29) is 0 Å². The molecule has 8 heteroatoms. The van der Waals surface area contributed by atoms with Crippen molar-refractivity contribution in [2.24, 2.45) is 9.98 Å². The second-order valence-electron chi connectivity index (χ2n) is 7.90. The normalized spacial score (nSPS) is 17.0. The van der Waals surface area contributed by atoms with Crippen LogP contribution in [-0.4, -0.2) is 68.5 Å². The molecule has 0 N–H and O–H groups in total. The lowest BCUT2D eigenvalue weighted by Crippen LogP contribution is -2.37. The number of morpholine rings is 1.